The van der Waals surface area contributed by atoms with Gasteiger partial charge in [-0.3, -0.25) is 0 Å². The van der Waals surface area contributed by atoms with Gasteiger partial charge in [-0.1, -0.05) is 0 Å². The van der Waals surface area contributed by atoms with Crippen LogP contribution in [0.15, 0.2) is 0 Å². The largest absolute Gasteiger partial charge is 0.379 e. The maximum atomic E-state index is 5.85. The van der Waals surface area contributed by atoms with Gasteiger partial charge in [0.05, 0.1) is 12.2 Å². The molecule has 3 heteroatoms. The smallest absolute Gasteiger partial charge is 0.0901 e. The van der Waals surface area contributed by atoms with Crippen molar-refractivity contribution in [3.05, 3.63) is 0 Å². The van der Waals surface area contributed by atoms with E-state index in [9.17, 15) is 0 Å². The summed E-state index contributed by atoms with van der Waals surface area (Å²) < 4.78 is 11.0. The summed E-state index contributed by atoms with van der Waals surface area (Å²) in [6, 6.07) is 0.282. The summed E-state index contributed by atoms with van der Waals surface area (Å²) in [7, 11) is 0. The van der Waals surface area contributed by atoms with Gasteiger partial charge in [-0.05, 0) is 26.7 Å². The minimum absolute atomic E-state index is 0.145. The van der Waals surface area contributed by atoms with Crippen LogP contribution < -0.4 is 5.73 Å². The van der Waals surface area contributed by atoms with Crippen molar-refractivity contribution in [2.75, 3.05) is 19.8 Å². The van der Waals surface area contributed by atoms with Crippen molar-refractivity contribution in [2.24, 2.45) is 5.73 Å². The molecule has 12 heavy (non-hydrogen) atoms. The second kappa shape index (κ2) is 4.21. The van der Waals surface area contributed by atoms with Crippen LogP contribution >= 0.6 is 0 Å². The van der Waals surface area contributed by atoms with E-state index in [-0.39, 0.29) is 11.6 Å². The Hall–Kier alpha value is -0.120. The third-order valence-corrected chi connectivity index (χ3v) is 2.24. The zero-order chi connectivity index (χ0) is 9.03. The fraction of sp³-hybridized carbons (Fsp3) is 1.00. The summed E-state index contributed by atoms with van der Waals surface area (Å²) in [5.41, 5.74) is 5.70. The van der Waals surface area contributed by atoms with Crippen LogP contribution in [0.1, 0.15) is 26.7 Å². The van der Waals surface area contributed by atoms with E-state index in [1.165, 1.54) is 0 Å². The Kier molecular flexibility index (Phi) is 3.50. The third-order valence-electron chi connectivity index (χ3n) is 2.24. The Morgan fingerprint density at radius 1 is 1.67 bits per heavy atom. The fourth-order valence-electron chi connectivity index (χ4n) is 1.59. The monoisotopic (exact) mass is 173 g/mol. The maximum Gasteiger partial charge on any atom is 0.0901 e. The average molecular weight is 173 g/mol. The van der Waals surface area contributed by atoms with Crippen LogP contribution in [-0.4, -0.2) is 31.5 Å². The number of nitrogens with two attached hydrogens (primary N) is 1. The first-order valence-corrected chi connectivity index (χ1v) is 4.63. The lowest BCUT2D eigenvalue weighted by molar-refractivity contribution is -0.114. The van der Waals surface area contributed by atoms with Gasteiger partial charge in [0.2, 0.25) is 0 Å². The first kappa shape index (κ1) is 9.96. The van der Waals surface area contributed by atoms with Gasteiger partial charge in [0.25, 0.3) is 0 Å². The molecule has 1 fully saturated rings. The molecule has 0 bridgehead atoms. The van der Waals surface area contributed by atoms with E-state index in [1.54, 1.807) is 0 Å². The lowest BCUT2D eigenvalue weighted by Crippen LogP contribution is -2.45. The van der Waals surface area contributed by atoms with Crippen LogP contribution in [0, 0.1) is 0 Å². The first-order valence-electron chi connectivity index (χ1n) is 4.63. The quantitative estimate of drug-likeness (QED) is 0.690. The Bertz CT molecular complexity index is 140. The normalized spacial score (nSPS) is 36.8. The summed E-state index contributed by atoms with van der Waals surface area (Å²) in [5.74, 6) is 0. The van der Waals surface area contributed by atoms with Gasteiger partial charge in [-0.15, -0.1) is 0 Å². The van der Waals surface area contributed by atoms with Gasteiger partial charge in [0.1, 0.15) is 0 Å². The topological polar surface area (TPSA) is 44.5 Å². The molecule has 1 saturated heterocycles. The summed E-state index contributed by atoms with van der Waals surface area (Å²) in [6.07, 6.45) is 1.88. The average Bonchev–Trinajstić information content (AvgIpc) is 2.01. The summed E-state index contributed by atoms with van der Waals surface area (Å²) in [6.45, 7) is 6.24. The lowest BCUT2D eigenvalue weighted by Gasteiger charge is -2.36. The third kappa shape index (κ3) is 2.73. The highest BCUT2D eigenvalue weighted by molar-refractivity contribution is 4.84. The van der Waals surface area contributed by atoms with E-state index in [0.29, 0.717) is 6.61 Å². The van der Waals surface area contributed by atoms with Crippen LogP contribution in [0.5, 0.6) is 0 Å². The predicted octanol–water partition coefficient (Wildman–Crippen LogP) is 0.919. The maximum absolute atomic E-state index is 5.85. The summed E-state index contributed by atoms with van der Waals surface area (Å²) in [4.78, 5) is 0. The van der Waals surface area contributed by atoms with Crippen LogP contribution in [0.25, 0.3) is 0 Å². The second-order valence-corrected chi connectivity index (χ2v) is 3.69. The lowest BCUT2D eigenvalue weighted by atomic mass is 9.93. The molecule has 0 amide bonds. The van der Waals surface area contributed by atoms with Gasteiger partial charge in [0, 0.05) is 19.3 Å². The van der Waals surface area contributed by atoms with Crippen molar-refractivity contribution in [2.45, 2.75) is 38.3 Å². The van der Waals surface area contributed by atoms with E-state index >= 15 is 0 Å². The highest BCUT2D eigenvalue weighted by Gasteiger charge is 2.31. The van der Waals surface area contributed by atoms with E-state index < -0.39 is 0 Å². The molecule has 0 saturated carbocycles. The summed E-state index contributed by atoms with van der Waals surface area (Å²) in [5, 5.41) is 0. The molecule has 0 aromatic carbocycles. The molecule has 2 atom stereocenters. The molecule has 1 aliphatic heterocycles. The Labute approximate surface area is 74.2 Å². The Balaban J connectivity index is 2.35. The number of hydrogen-bond donors (Lipinski definition) is 1. The molecule has 0 aliphatic carbocycles. The summed E-state index contributed by atoms with van der Waals surface area (Å²) >= 11 is 0. The van der Waals surface area contributed by atoms with E-state index in [0.717, 1.165) is 26.1 Å². The van der Waals surface area contributed by atoms with Gasteiger partial charge in [-0.25, -0.2) is 0 Å². The van der Waals surface area contributed by atoms with Crippen molar-refractivity contribution >= 4 is 0 Å². The zero-order valence-corrected chi connectivity index (χ0v) is 8.01. The molecular formula is C9H19NO2. The second-order valence-electron chi connectivity index (χ2n) is 3.69. The first-order chi connectivity index (χ1) is 5.66. The predicted molar refractivity (Wildman–Crippen MR) is 48.1 cm³/mol. The SMILES string of the molecule is CCOCC1(C)CC(N)CCO1. The standard InChI is InChI=1S/C9H19NO2/c1-3-11-7-9(2)6-8(10)4-5-12-9/h8H,3-7,10H2,1-2H3. The highest BCUT2D eigenvalue weighted by Crippen LogP contribution is 2.23. The number of ether oxygens (including phenoxy) is 2. The van der Waals surface area contributed by atoms with E-state index in [2.05, 4.69) is 6.92 Å². The Morgan fingerprint density at radius 2 is 2.42 bits per heavy atom. The van der Waals surface area contributed by atoms with Crippen LogP contribution in [0.3, 0.4) is 0 Å². The molecule has 3 nitrogen and oxygen atoms in total. The van der Waals surface area contributed by atoms with E-state index in [1.807, 2.05) is 6.92 Å². The van der Waals surface area contributed by atoms with Crippen molar-refractivity contribution in [3.8, 4) is 0 Å². The highest BCUT2D eigenvalue weighted by atomic mass is 16.5. The van der Waals surface area contributed by atoms with Crippen LogP contribution in [0.2, 0.25) is 0 Å². The molecule has 2 unspecified atom stereocenters. The van der Waals surface area contributed by atoms with Gasteiger partial charge in [0.15, 0.2) is 0 Å². The van der Waals surface area contributed by atoms with Crippen LogP contribution in [0.4, 0.5) is 0 Å². The molecule has 1 aliphatic rings. The van der Waals surface area contributed by atoms with Crippen molar-refractivity contribution in [1.82, 2.24) is 0 Å². The van der Waals surface area contributed by atoms with Gasteiger partial charge < -0.3 is 15.2 Å². The van der Waals surface area contributed by atoms with Crippen LogP contribution in [-0.2, 0) is 9.47 Å². The van der Waals surface area contributed by atoms with Gasteiger partial charge >= 0.3 is 0 Å². The molecular weight excluding hydrogens is 154 g/mol. The molecule has 1 heterocycles. The van der Waals surface area contributed by atoms with Crippen molar-refractivity contribution in [3.63, 3.8) is 0 Å². The van der Waals surface area contributed by atoms with E-state index in [4.69, 9.17) is 15.2 Å². The molecule has 0 spiro atoms. The molecule has 72 valence electrons. The molecule has 0 aromatic rings. The van der Waals surface area contributed by atoms with Crippen molar-refractivity contribution in [1.29, 1.82) is 0 Å². The zero-order valence-electron chi connectivity index (χ0n) is 8.01. The molecule has 0 radical (unpaired) electrons. The molecule has 1 rings (SSSR count). The minimum atomic E-state index is -0.145. The van der Waals surface area contributed by atoms with Gasteiger partial charge in [-0.2, -0.15) is 0 Å². The molecule has 0 aromatic heterocycles. The Morgan fingerprint density at radius 3 is 3.00 bits per heavy atom. The minimum Gasteiger partial charge on any atom is -0.379 e. The number of rotatable bonds is 3. The number of hydrogen-bond acceptors (Lipinski definition) is 3. The molecule has 2 N–H and O–H groups in total. The fourth-order valence-corrected chi connectivity index (χ4v) is 1.59. The van der Waals surface area contributed by atoms with Crippen molar-refractivity contribution < 1.29 is 9.47 Å².